The number of nitriles is 1. The van der Waals surface area contributed by atoms with Gasteiger partial charge in [-0.3, -0.25) is 4.68 Å². The third kappa shape index (κ3) is 3.14. The van der Waals surface area contributed by atoms with Gasteiger partial charge in [-0.2, -0.15) is 10.4 Å². The molecular formula is C19H15N3O2S. The molecule has 6 heteroatoms. The lowest BCUT2D eigenvalue weighted by Gasteiger charge is -2.24. The van der Waals surface area contributed by atoms with Crippen LogP contribution >= 0.6 is 11.3 Å². The second kappa shape index (κ2) is 6.83. The van der Waals surface area contributed by atoms with Crippen LogP contribution in [0.25, 0.3) is 10.6 Å². The summed E-state index contributed by atoms with van der Waals surface area (Å²) in [4.78, 5) is 1.65. The van der Waals surface area contributed by atoms with Gasteiger partial charge in [-0.1, -0.05) is 18.2 Å². The minimum Gasteiger partial charge on any atom is -0.466 e. The SMILES string of the molecule is N#Cc1ccc(-c2ccn(C(C3=CC=CCC3)C3=COC=CO3)n2)s1. The van der Waals surface area contributed by atoms with Gasteiger partial charge >= 0.3 is 0 Å². The molecule has 0 amide bonds. The highest BCUT2D eigenvalue weighted by atomic mass is 32.1. The van der Waals surface area contributed by atoms with E-state index in [9.17, 15) is 0 Å². The van der Waals surface area contributed by atoms with E-state index in [0.29, 0.717) is 10.6 Å². The van der Waals surface area contributed by atoms with Crippen molar-refractivity contribution in [1.82, 2.24) is 9.78 Å². The summed E-state index contributed by atoms with van der Waals surface area (Å²) >= 11 is 1.44. The van der Waals surface area contributed by atoms with Crippen molar-refractivity contribution in [2.45, 2.75) is 18.9 Å². The van der Waals surface area contributed by atoms with Crippen LogP contribution in [0, 0.1) is 11.3 Å². The van der Waals surface area contributed by atoms with Crippen molar-refractivity contribution in [3.05, 3.63) is 77.6 Å². The van der Waals surface area contributed by atoms with E-state index in [-0.39, 0.29) is 6.04 Å². The molecule has 1 aliphatic carbocycles. The molecule has 2 aliphatic rings. The van der Waals surface area contributed by atoms with Gasteiger partial charge in [0.15, 0.2) is 5.76 Å². The zero-order chi connectivity index (χ0) is 17.1. The lowest BCUT2D eigenvalue weighted by Crippen LogP contribution is -2.18. The Balaban J connectivity index is 1.70. The molecule has 0 saturated carbocycles. The highest BCUT2D eigenvalue weighted by molar-refractivity contribution is 7.15. The van der Waals surface area contributed by atoms with E-state index in [1.54, 1.807) is 6.26 Å². The van der Waals surface area contributed by atoms with E-state index < -0.39 is 0 Å². The Hall–Kier alpha value is -3.04. The van der Waals surface area contributed by atoms with Crippen LogP contribution in [0.1, 0.15) is 23.8 Å². The third-order valence-corrected chi connectivity index (χ3v) is 5.04. The molecule has 0 spiro atoms. The number of hydrogen-bond donors (Lipinski definition) is 0. The zero-order valence-corrected chi connectivity index (χ0v) is 14.1. The highest BCUT2D eigenvalue weighted by Gasteiger charge is 2.25. The molecule has 2 aromatic rings. The molecule has 5 nitrogen and oxygen atoms in total. The number of aromatic nitrogens is 2. The molecule has 25 heavy (non-hydrogen) atoms. The molecule has 0 fully saturated rings. The molecule has 0 bridgehead atoms. The predicted molar refractivity (Wildman–Crippen MR) is 95.1 cm³/mol. The zero-order valence-electron chi connectivity index (χ0n) is 13.3. The van der Waals surface area contributed by atoms with Gasteiger partial charge in [0, 0.05) is 6.20 Å². The minimum absolute atomic E-state index is 0.154. The summed E-state index contributed by atoms with van der Waals surface area (Å²) in [6.45, 7) is 0. The van der Waals surface area contributed by atoms with Crippen LogP contribution in [0.15, 0.2) is 72.7 Å². The first-order valence-corrected chi connectivity index (χ1v) is 8.75. The molecule has 0 aromatic carbocycles. The molecule has 1 unspecified atom stereocenters. The lowest BCUT2D eigenvalue weighted by molar-refractivity contribution is 0.223. The van der Waals surface area contributed by atoms with Crippen molar-refractivity contribution >= 4 is 11.3 Å². The Morgan fingerprint density at radius 2 is 2.24 bits per heavy atom. The Kier molecular flexibility index (Phi) is 4.23. The number of rotatable bonds is 4. The lowest BCUT2D eigenvalue weighted by atomic mass is 9.96. The number of thiophene rings is 1. The number of ether oxygens (including phenoxy) is 2. The second-order valence-electron chi connectivity index (χ2n) is 5.61. The van der Waals surface area contributed by atoms with Gasteiger partial charge in [-0.05, 0) is 36.6 Å². The second-order valence-corrected chi connectivity index (χ2v) is 6.70. The molecule has 0 radical (unpaired) electrons. The Morgan fingerprint density at radius 1 is 1.28 bits per heavy atom. The van der Waals surface area contributed by atoms with Gasteiger partial charge < -0.3 is 9.47 Å². The Labute approximate surface area is 149 Å². The topological polar surface area (TPSA) is 60.1 Å². The van der Waals surface area contributed by atoms with E-state index in [1.807, 2.05) is 29.1 Å². The molecule has 0 saturated heterocycles. The van der Waals surface area contributed by atoms with E-state index >= 15 is 0 Å². The van der Waals surface area contributed by atoms with E-state index in [0.717, 1.165) is 23.4 Å². The van der Waals surface area contributed by atoms with Crippen LogP contribution in [0.2, 0.25) is 0 Å². The largest absolute Gasteiger partial charge is 0.466 e. The molecule has 4 rings (SSSR count). The van der Waals surface area contributed by atoms with Crippen LogP contribution in [-0.4, -0.2) is 9.78 Å². The Bertz CT molecular complexity index is 940. The first kappa shape index (κ1) is 15.5. The molecule has 3 heterocycles. The first-order valence-electron chi connectivity index (χ1n) is 7.93. The van der Waals surface area contributed by atoms with Gasteiger partial charge in [0.05, 0.1) is 4.88 Å². The maximum atomic E-state index is 9.01. The molecular weight excluding hydrogens is 334 g/mol. The van der Waals surface area contributed by atoms with E-state index in [4.69, 9.17) is 19.8 Å². The maximum absolute atomic E-state index is 9.01. The van der Waals surface area contributed by atoms with E-state index in [2.05, 4.69) is 24.3 Å². The fourth-order valence-corrected chi connectivity index (χ4v) is 3.65. The predicted octanol–water partition coefficient (Wildman–Crippen LogP) is 4.66. The average molecular weight is 349 g/mol. The standard InChI is InChI=1S/C19H15N3O2S/c20-12-15-6-7-18(25-15)16-8-9-22(21-16)19(14-4-2-1-3-5-14)17-13-23-10-11-24-17/h1-2,4,6-11,13,19H,3,5H2. The summed E-state index contributed by atoms with van der Waals surface area (Å²) in [5.74, 6) is 0.697. The maximum Gasteiger partial charge on any atom is 0.167 e. The van der Waals surface area contributed by atoms with Crippen LogP contribution < -0.4 is 0 Å². The first-order chi connectivity index (χ1) is 12.3. The van der Waals surface area contributed by atoms with Gasteiger partial charge in [0.25, 0.3) is 0 Å². The normalized spacial score (nSPS) is 17.1. The average Bonchev–Trinajstić information content (AvgIpc) is 3.33. The summed E-state index contributed by atoms with van der Waals surface area (Å²) in [5, 5.41) is 13.7. The van der Waals surface area contributed by atoms with Crippen LogP contribution in [0.5, 0.6) is 0 Å². The monoisotopic (exact) mass is 349 g/mol. The van der Waals surface area contributed by atoms with Gasteiger partial charge in [-0.15, -0.1) is 11.3 Å². The quantitative estimate of drug-likeness (QED) is 0.805. The molecule has 1 aliphatic heterocycles. The number of nitrogens with zero attached hydrogens (tertiary/aromatic N) is 3. The van der Waals surface area contributed by atoms with Crippen LogP contribution in [0.3, 0.4) is 0 Å². The number of hydrogen-bond acceptors (Lipinski definition) is 5. The van der Waals surface area contributed by atoms with Gasteiger partial charge in [0.1, 0.15) is 41.5 Å². The summed E-state index contributed by atoms with van der Waals surface area (Å²) in [6.07, 6.45) is 14.8. The van der Waals surface area contributed by atoms with Gasteiger partial charge in [0.2, 0.25) is 0 Å². The minimum atomic E-state index is -0.154. The van der Waals surface area contributed by atoms with Crippen LogP contribution in [0.4, 0.5) is 0 Å². The highest BCUT2D eigenvalue weighted by Crippen LogP contribution is 2.34. The molecule has 124 valence electrons. The third-order valence-electron chi connectivity index (χ3n) is 4.03. The van der Waals surface area contributed by atoms with Crippen molar-refractivity contribution in [2.75, 3.05) is 0 Å². The fourth-order valence-electron chi connectivity index (χ4n) is 2.88. The molecule has 2 aromatic heterocycles. The van der Waals surface area contributed by atoms with Gasteiger partial charge in [-0.25, -0.2) is 0 Å². The van der Waals surface area contributed by atoms with Crippen molar-refractivity contribution < 1.29 is 9.47 Å². The van der Waals surface area contributed by atoms with Crippen molar-refractivity contribution in [1.29, 1.82) is 5.26 Å². The fraction of sp³-hybridized carbons (Fsp3) is 0.158. The summed E-state index contributed by atoms with van der Waals surface area (Å²) < 4.78 is 12.9. The Morgan fingerprint density at radius 3 is 2.96 bits per heavy atom. The summed E-state index contributed by atoms with van der Waals surface area (Å²) in [7, 11) is 0. The molecule has 1 atom stereocenters. The smallest absolute Gasteiger partial charge is 0.167 e. The number of allylic oxidation sites excluding steroid dienone is 4. The van der Waals surface area contributed by atoms with Crippen LogP contribution in [-0.2, 0) is 9.47 Å². The van der Waals surface area contributed by atoms with E-state index in [1.165, 1.54) is 29.4 Å². The van der Waals surface area contributed by atoms with Crippen molar-refractivity contribution in [2.24, 2.45) is 0 Å². The van der Waals surface area contributed by atoms with Crippen molar-refractivity contribution in [3.63, 3.8) is 0 Å². The summed E-state index contributed by atoms with van der Waals surface area (Å²) in [5.41, 5.74) is 2.06. The molecule has 0 N–H and O–H groups in total. The summed E-state index contributed by atoms with van der Waals surface area (Å²) in [6, 6.07) is 7.71. The van der Waals surface area contributed by atoms with Crippen molar-refractivity contribution in [3.8, 4) is 16.6 Å².